The van der Waals surface area contributed by atoms with Gasteiger partial charge in [0.25, 0.3) is 5.91 Å². The predicted octanol–water partition coefficient (Wildman–Crippen LogP) is 4.53. The molecule has 0 atom stereocenters. The second-order valence-electron chi connectivity index (χ2n) is 7.69. The lowest BCUT2D eigenvalue weighted by Crippen LogP contribution is -2.46. The van der Waals surface area contributed by atoms with Crippen molar-refractivity contribution >= 4 is 29.3 Å². The van der Waals surface area contributed by atoms with Gasteiger partial charge in [-0.05, 0) is 67.8 Å². The number of halogens is 3. The fourth-order valence-corrected chi connectivity index (χ4v) is 4.63. The molecule has 0 unspecified atom stereocenters. The summed E-state index contributed by atoms with van der Waals surface area (Å²) in [6.07, 6.45) is -3.22. The molecule has 1 aliphatic rings. The molecule has 1 saturated heterocycles. The van der Waals surface area contributed by atoms with Gasteiger partial charge in [0, 0.05) is 30.2 Å². The van der Waals surface area contributed by atoms with E-state index >= 15 is 0 Å². The van der Waals surface area contributed by atoms with Gasteiger partial charge in [-0.2, -0.15) is 0 Å². The second kappa shape index (κ2) is 12.1. The number of hydroxylamine groups is 1. The Morgan fingerprint density at radius 3 is 2.26 bits per heavy atom. The van der Waals surface area contributed by atoms with E-state index in [-0.39, 0.29) is 24.7 Å². The van der Waals surface area contributed by atoms with Crippen molar-refractivity contribution < 1.29 is 42.2 Å². The Kier molecular flexibility index (Phi) is 9.24. The van der Waals surface area contributed by atoms with Gasteiger partial charge < -0.3 is 19.5 Å². The van der Waals surface area contributed by atoms with Gasteiger partial charge in [-0.25, -0.2) is 5.48 Å². The van der Waals surface area contributed by atoms with Gasteiger partial charge in [0.1, 0.15) is 16.2 Å². The summed E-state index contributed by atoms with van der Waals surface area (Å²) in [7, 11) is 0. The number of anilines is 1. The first-order chi connectivity index (χ1) is 16.7. The summed E-state index contributed by atoms with van der Waals surface area (Å²) in [5.41, 5.74) is 2.11. The van der Waals surface area contributed by atoms with Crippen LogP contribution >= 0.6 is 11.8 Å². The van der Waals surface area contributed by atoms with Gasteiger partial charge in [0.15, 0.2) is 0 Å². The highest BCUT2D eigenvalue weighted by molar-refractivity contribution is 8.01. The van der Waals surface area contributed by atoms with Crippen LogP contribution in [-0.4, -0.2) is 48.0 Å². The highest BCUT2D eigenvalue weighted by atomic mass is 32.2. The summed E-state index contributed by atoms with van der Waals surface area (Å²) >= 11 is 1.37. The van der Waals surface area contributed by atoms with Gasteiger partial charge in [-0.1, -0.05) is 0 Å². The van der Waals surface area contributed by atoms with Crippen LogP contribution in [0, 0.1) is 0 Å². The molecule has 8 nitrogen and oxygen atoms in total. The first-order valence-corrected chi connectivity index (χ1v) is 11.6. The molecule has 0 aromatic heterocycles. The lowest BCUT2D eigenvalue weighted by Gasteiger charge is -2.34. The number of amides is 2. The molecule has 190 valence electrons. The van der Waals surface area contributed by atoms with E-state index in [9.17, 15) is 22.8 Å². The molecular weight excluding hydrogens is 489 g/mol. The molecule has 1 heterocycles. The van der Waals surface area contributed by atoms with Gasteiger partial charge >= 0.3 is 6.36 Å². The number of benzene rings is 2. The summed E-state index contributed by atoms with van der Waals surface area (Å²) in [6, 6.07) is 12.0. The van der Waals surface area contributed by atoms with E-state index in [1.54, 1.807) is 17.6 Å². The Morgan fingerprint density at radius 1 is 1.03 bits per heavy atom. The normalized spacial score (nSPS) is 15.2. The topological polar surface area (TPSA) is 106 Å². The average Bonchev–Trinajstić information content (AvgIpc) is 2.83. The second-order valence-corrected chi connectivity index (χ2v) is 9.15. The van der Waals surface area contributed by atoms with Crippen LogP contribution in [0.2, 0.25) is 0 Å². The number of carbonyl (C=O) groups excluding carboxylic acids is 2. The maximum absolute atomic E-state index is 12.2. The zero-order chi connectivity index (χ0) is 25.3. The summed E-state index contributed by atoms with van der Waals surface area (Å²) < 4.78 is 50.5. The largest absolute Gasteiger partial charge is 0.573 e. The number of ether oxygens (including phenoxy) is 3. The highest BCUT2D eigenvalue weighted by Crippen LogP contribution is 2.41. The number of carbonyl (C=O) groups is 2. The minimum absolute atomic E-state index is 0.162. The third-order valence-electron chi connectivity index (χ3n) is 5.14. The molecule has 0 saturated carbocycles. The zero-order valence-corrected chi connectivity index (χ0v) is 19.4. The Balaban J connectivity index is 1.40. The van der Waals surface area contributed by atoms with Crippen LogP contribution < -0.4 is 20.3 Å². The van der Waals surface area contributed by atoms with E-state index in [2.05, 4.69) is 10.1 Å². The van der Waals surface area contributed by atoms with Crippen LogP contribution in [0.3, 0.4) is 0 Å². The van der Waals surface area contributed by atoms with E-state index in [0.29, 0.717) is 43.9 Å². The van der Waals surface area contributed by atoms with Gasteiger partial charge in [-0.15, -0.1) is 24.9 Å². The smallest absolute Gasteiger partial charge is 0.494 e. The minimum atomic E-state index is -4.77. The molecule has 2 amide bonds. The molecule has 3 rings (SSSR count). The number of rotatable bonds is 10. The molecule has 0 spiro atoms. The summed E-state index contributed by atoms with van der Waals surface area (Å²) in [5, 5.41) is 11.7. The molecule has 0 bridgehead atoms. The van der Waals surface area contributed by atoms with Gasteiger partial charge in [-0.3, -0.25) is 14.8 Å². The van der Waals surface area contributed by atoms with Crippen LogP contribution in [0.25, 0.3) is 0 Å². The highest BCUT2D eigenvalue weighted by Gasteiger charge is 2.41. The first-order valence-electron chi connectivity index (χ1n) is 10.8. The third kappa shape index (κ3) is 8.34. The molecule has 0 radical (unpaired) electrons. The van der Waals surface area contributed by atoms with Crippen molar-refractivity contribution in [3.05, 3.63) is 48.5 Å². The Bertz CT molecular complexity index is 980. The molecule has 1 fully saturated rings. The molecular formula is C23H25F3N2O6S. The summed E-state index contributed by atoms with van der Waals surface area (Å²) in [5.74, 6) is -0.515. The van der Waals surface area contributed by atoms with Crippen molar-refractivity contribution in [1.29, 1.82) is 0 Å². The van der Waals surface area contributed by atoms with Crippen molar-refractivity contribution in [2.75, 3.05) is 25.1 Å². The lowest BCUT2D eigenvalue weighted by atomic mass is 9.98. The van der Waals surface area contributed by atoms with Crippen molar-refractivity contribution in [2.45, 2.75) is 41.7 Å². The van der Waals surface area contributed by atoms with Crippen molar-refractivity contribution in [2.24, 2.45) is 0 Å². The third-order valence-corrected chi connectivity index (χ3v) is 6.63. The van der Waals surface area contributed by atoms with Crippen molar-refractivity contribution in [1.82, 2.24) is 5.48 Å². The van der Waals surface area contributed by atoms with E-state index in [1.165, 1.54) is 23.9 Å². The fraction of sp³-hybridized carbons (Fsp3) is 0.391. The number of alkyl halides is 3. The van der Waals surface area contributed by atoms with E-state index < -0.39 is 17.0 Å². The van der Waals surface area contributed by atoms with E-state index in [0.717, 1.165) is 17.0 Å². The molecule has 35 heavy (non-hydrogen) atoms. The van der Waals surface area contributed by atoms with E-state index in [1.807, 2.05) is 12.1 Å². The molecule has 2 aromatic rings. The maximum Gasteiger partial charge on any atom is 0.573 e. The maximum atomic E-state index is 12.2. The number of thioether (sulfide) groups is 1. The lowest BCUT2D eigenvalue weighted by molar-refractivity contribution is -0.274. The Hall–Kier alpha value is -2.96. The zero-order valence-electron chi connectivity index (χ0n) is 18.6. The Labute approximate surface area is 204 Å². The van der Waals surface area contributed by atoms with Gasteiger partial charge in [0.2, 0.25) is 5.91 Å². The van der Waals surface area contributed by atoms with Crippen molar-refractivity contribution in [3.8, 4) is 11.5 Å². The number of hydrogen-bond acceptors (Lipinski definition) is 7. The fourth-order valence-electron chi connectivity index (χ4n) is 3.39. The summed E-state index contributed by atoms with van der Waals surface area (Å²) in [6.45, 7) is 1.16. The van der Waals surface area contributed by atoms with Gasteiger partial charge in [0.05, 0.1) is 6.61 Å². The van der Waals surface area contributed by atoms with Crippen molar-refractivity contribution in [3.63, 3.8) is 0 Å². The molecule has 0 aliphatic carbocycles. The predicted molar refractivity (Wildman–Crippen MR) is 121 cm³/mol. The van der Waals surface area contributed by atoms with E-state index in [4.69, 9.17) is 14.7 Å². The van der Waals surface area contributed by atoms with Crippen LogP contribution in [0.15, 0.2) is 53.4 Å². The number of hydrogen-bond donors (Lipinski definition) is 3. The molecule has 1 aliphatic heterocycles. The molecule has 12 heteroatoms. The average molecular weight is 515 g/mol. The first kappa shape index (κ1) is 26.6. The Morgan fingerprint density at radius 2 is 1.66 bits per heavy atom. The SMILES string of the molecule is O=C(CCCOc1ccc(SC2(C(=O)NO)CCOCC2)cc1)Nc1ccc(OC(F)(F)F)cc1. The van der Waals surface area contributed by atoms with Crippen LogP contribution in [0.1, 0.15) is 25.7 Å². The minimum Gasteiger partial charge on any atom is -0.494 e. The quantitative estimate of drug-likeness (QED) is 0.243. The molecule has 2 aromatic carbocycles. The van der Waals surface area contributed by atoms with Crippen LogP contribution in [0.4, 0.5) is 18.9 Å². The van der Waals surface area contributed by atoms with Crippen LogP contribution in [-0.2, 0) is 14.3 Å². The molecule has 3 N–H and O–H groups in total. The summed E-state index contributed by atoms with van der Waals surface area (Å²) in [4.78, 5) is 25.1. The monoisotopic (exact) mass is 514 g/mol. The number of nitrogens with one attached hydrogen (secondary N) is 2. The van der Waals surface area contributed by atoms with Crippen LogP contribution in [0.5, 0.6) is 11.5 Å². The standard InChI is InChI=1S/C23H25F3N2O6S/c24-23(25,26)34-18-5-3-16(4-6-18)27-20(29)2-1-13-33-17-7-9-19(10-8-17)35-22(21(30)28-31)11-14-32-15-12-22/h3-10,31H,1-2,11-15H2,(H,27,29)(H,28,30).